The van der Waals surface area contributed by atoms with Gasteiger partial charge in [0.1, 0.15) is 0 Å². The molecule has 1 unspecified atom stereocenters. The smallest absolute Gasteiger partial charge is 0.0866 e. The third kappa shape index (κ3) is 2.93. The summed E-state index contributed by atoms with van der Waals surface area (Å²) in [5.41, 5.74) is 5.40. The monoisotopic (exact) mass is 272 g/mol. The Morgan fingerprint density at radius 1 is 1.15 bits per heavy atom. The molecule has 1 atom stereocenters. The Morgan fingerprint density at radius 2 is 1.75 bits per heavy atom. The Balaban J connectivity index is 2.17. The lowest BCUT2D eigenvalue weighted by atomic mass is 9.97. The van der Waals surface area contributed by atoms with Crippen LogP contribution in [-0.4, -0.2) is 14.9 Å². The lowest BCUT2D eigenvalue weighted by Crippen LogP contribution is -2.05. The highest BCUT2D eigenvalue weighted by Gasteiger charge is 2.18. The molecule has 1 aromatic carbocycles. The molecule has 0 bridgehead atoms. The van der Waals surface area contributed by atoms with E-state index < -0.39 is 6.10 Å². The van der Waals surface area contributed by atoms with Crippen molar-refractivity contribution in [3.63, 3.8) is 0 Å². The van der Waals surface area contributed by atoms with E-state index in [1.807, 2.05) is 25.6 Å². The van der Waals surface area contributed by atoms with Crippen LogP contribution in [0, 0.1) is 13.8 Å². The fourth-order valence-corrected chi connectivity index (χ4v) is 2.64. The van der Waals surface area contributed by atoms with Gasteiger partial charge in [-0.2, -0.15) is 5.10 Å². The number of aliphatic hydroxyl groups is 1. The molecule has 2 aromatic rings. The fraction of sp³-hybridized carbons (Fsp3) is 0.471. The third-order valence-electron chi connectivity index (χ3n) is 3.97. The molecule has 1 heterocycles. The number of hydrogen-bond acceptors (Lipinski definition) is 2. The van der Waals surface area contributed by atoms with Crippen molar-refractivity contribution in [3.8, 4) is 0 Å². The molecular formula is C17H24N2O. The zero-order valence-corrected chi connectivity index (χ0v) is 13.0. The number of rotatable bonds is 4. The predicted octanol–water partition coefficient (Wildman–Crippen LogP) is 3.44. The SMILES string of the molecule is Cc1nn(C)c(C)c1C(O)Cc1ccc(C(C)C)cc1. The van der Waals surface area contributed by atoms with E-state index >= 15 is 0 Å². The van der Waals surface area contributed by atoms with Crippen molar-refractivity contribution in [1.82, 2.24) is 9.78 Å². The van der Waals surface area contributed by atoms with Gasteiger partial charge in [0.25, 0.3) is 0 Å². The molecule has 1 N–H and O–H groups in total. The summed E-state index contributed by atoms with van der Waals surface area (Å²) >= 11 is 0. The summed E-state index contributed by atoms with van der Waals surface area (Å²) in [6.45, 7) is 8.33. The average molecular weight is 272 g/mol. The van der Waals surface area contributed by atoms with Crippen LogP contribution >= 0.6 is 0 Å². The minimum Gasteiger partial charge on any atom is -0.388 e. The first kappa shape index (κ1) is 14.8. The first-order chi connectivity index (χ1) is 9.40. The summed E-state index contributed by atoms with van der Waals surface area (Å²) in [6, 6.07) is 8.52. The fourth-order valence-electron chi connectivity index (χ4n) is 2.64. The molecule has 0 radical (unpaired) electrons. The van der Waals surface area contributed by atoms with Crippen LogP contribution in [0.5, 0.6) is 0 Å². The number of aryl methyl sites for hydroxylation is 2. The molecule has 0 aliphatic rings. The Hall–Kier alpha value is -1.61. The molecule has 2 rings (SSSR count). The summed E-state index contributed by atoms with van der Waals surface area (Å²) in [5.74, 6) is 0.539. The molecule has 3 nitrogen and oxygen atoms in total. The molecule has 0 amide bonds. The van der Waals surface area contributed by atoms with E-state index in [1.54, 1.807) is 0 Å². The quantitative estimate of drug-likeness (QED) is 0.926. The molecule has 1 aromatic heterocycles. The summed E-state index contributed by atoms with van der Waals surface area (Å²) in [4.78, 5) is 0. The topological polar surface area (TPSA) is 38.0 Å². The Kier molecular flexibility index (Phi) is 4.29. The number of hydrogen-bond donors (Lipinski definition) is 1. The van der Waals surface area contributed by atoms with Crippen LogP contribution in [-0.2, 0) is 13.5 Å². The van der Waals surface area contributed by atoms with Crippen molar-refractivity contribution in [2.24, 2.45) is 7.05 Å². The zero-order valence-electron chi connectivity index (χ0n) is 13.0. The molecule has 3 heteroatoms. The van der Waals surface area contributed by atoms with Crippen LogP contribution in [0.15, 0.2) is 24.3 Å². The molecular weight excluding hydrogens is 248 g/mol. The number of aliphatic hydroxyl groups excluding tert-OH is 1. The van der Waals surface area contributed by atoms with E-state index in [1.165, 1.54) is 5.56 Å². The summed E-state index contributed by atoms with van der Waals surface area (Å²) < 4.78 is 1.83. The van der Waals surface area contributed by atoms with Gasteiger partial charge in [-0.15, -0.1) is 0 Å². The van der Waals surface area contributed by atoms with Gasteiger partial charge >= 0.3 is 0 Å². The maximum Gasteiger partial charge on any atom is 0.0866 e. The van der Waals surface area contributed by atoms with Crippen LogP contribution in [0.2, 0.25) is 0 Å². The van der Waals surface area contributed by atoms with Gasteiger partial charge in [-0.05, 0) is 30.9 Å². The molecule has 108 valence electrons. The minimum atomic E-state index is -0.492. The largest absolute Gasteiger partial charge is 0.388 e. The van der Waals surface area contributed by atoms with Crippen molar-refractivity contribution in [2.45, 2.75) is 46.1 Å². The van der Waals surface area contributed by atoms with Gasteiger partial charge in [0.05, 0.1) is 11.8 Å². The van der Waals surface area contributed by atoms with E-state index in [4.69, 9.17) is 0 Å². The van der Waals surface area contributed by atoms with Crippen LogP contribution in [0.3, 0.4) is 0 Å². The molecule has 0 aliphatic carbocycles. The second-order valence-electron chi connectivity index (χ2n) is 5.82. The Labute approximate surface area is 121 Å². The number of nitrogens with zero attached hydrogens (tertiary/aromatic N) is 2. The van der Waals surface area contributed by atoms with Gasteiger partial charge in [-0.25, -0.2) is 0 Å². The Morgan fingerprint density at radius 3 is 2.20 bits per heavy atom. The maximum absolute atomic E-state index is 10.5. The number of aromatic nitrogens is 2. The molecule has 0 spiro atoms. The molecule has 0 saturated carbocycles. The summed E-state index contributed by atoms with van der Waals surface area (Å²) in [5, 5.41) is 14.8. The number of benzene rings is 1. The van der Waals surface area contributed by atoms with Gasteiger partial charge in [0.15, 0.2) is 0 Å². The van der Waals surface area contributed by atoms with Crippen LogP contribution in [0.25, 0.3) is 0 Å². The molecule has 0 saturated heterocycles. The zero-order chi connectivity index (χ0) is 14.9. The van der Waals surface area contributed by atoms with Crippen molar-refractivity contribution >= 4 is 0 Å². The normalized spacial score (nSPS) is 12.9. The minimum absolute atomic E-state index is 0.492. The average Bonchev–Trinajstić information content (AvgIpc) is 2.63. The molecule has 0 fully saturated rings. The Bertz CT molecular complexity index is 582. The van der Waals surface area contributed by atoms with Crippen molar-refractivity contribution in [1.29, 1.82) is 0 Å². The van der Waals surface area contributed by atoms with Crippen molar-refractivity contribution < 1.29 is 5.11 Å². The van der Waals surface area contributed by atoms with Crippen molar-refractivity contribution in [3.05, 3.63) is 52.3 Å². The standard InChI is InChI=1S/C17H24N2O/c1-11(2)15-8-6-14(7-9-15)10-16(20)17-12(3)18-19(5)13(17)4/h6-9,11,16,20H,10H2,1-5H3. The predicted molar refractivity (Wildman–Crippen MR) is 81.9 cm³/mol. The summed E-state index contributed by atoms with van der Waals surface area (Å²) in [7, 11) is 1.91. The lowest BCUT2D eigenvalue weighted by Gasteiger charge is -2.13. The third-order valence-corrected chi connectivity index (χ3v) is 3.97. The van der Waals surface area contributed by atoms with E-state index in [2.05, 4.69) is 43.2 Å². The van der Waals surface area contributed by atoms with Gasteiger partial charge in [-0.1, -0.05) is 38.1 Å². The molecule has 20 heavy (non-hydrogen) atoms. The van der Waals surface area contributed by atoms with Crippen LogP contribution in [0.1, 0.15) is 53.9 Å². The highest BCUT2D eigenvalue weighted by atomic mass is 16.3. The van der Waals surface area contributed by atoms with Gasteiger partial charge in [0, 0.05) is 24.7 Å². The second kappa shape index (κ2) is 5.80. The van der Waals surface area contributed by atoms with Gasteiger partial charge in [0.2, 0.25) is 0 Å². The molecule has 0 aliphatic heterocycles. The summed E-state index contributed by atoms with van der Waals surface area (Å²) in [6.07, 6.45) is 0.139. The van der Waals surface area contributed by atoms with E-state index in [-0.39, 0.29) is 0 Å². The van der Waals surface area contributed by atoms with Gasteiger partial charge < -0.3 is 5.11 Å². The van der Waals surface area contributed by atoms with Crippen LogP contribution in [0.4, 0.5) is 0 Å². The first-order valence-corrected chi connectivity index (χ1v) is 7.17. The van der Waals surface area contributed by atoms with E-state index in [9.17, 15) is 5.11 Å². The van der Waals surface area contributed by atoms with E-state index in [0.29, 0.717) is 12.3 Å². The highest BCUT2D eigenvalue weighted by molar-refractivity contribution is 5.30. The van der Waals surface area contributed by atoms with Crippen LogP contribution < -0.4 is 0 Å². The second-order valence-corrected chi connectivity index (χ2v) is 5.82. The van der Waals surface area contributed by atoms with Gasteiger partial charge in [-0.3, -0.25) is 4.68 Å². The van der Waals surface area contributed by atoms with E-state index in [0.717, 1.165) is 22.5 Å². The van der Waals surface area contributed by atoms with Crippen molar-refractivity contribution in [2.75, 3.05) is 0 Å². The lowest BCUT2D eigenvalue weighted by molar-refractivity contribution is 0.177. The highest BCUT2D eigenvalue weighted by Crippen LogP contribution is 2.25. The maximum atomic E-state index is 10.5. The first-order valence-electron chi connectivity index (χ1n) is 7.17.